The van der Waals surface area contributed by atoms with Gasteiger partial charge in [-0.25, -0.2) is 4.39 Å². The van der Waals surface area contributed by atoms with E-state index < -0.39 is 11.7 Å². The lowest BCUT2D eigenvalue weighted by molar-refractivity contribution is 0.0910. The third-order valence-electron chi connectivity index (χ3n) is 2.48. The SMILES string of the molecule is CC[C@@H](CO)NC(=O)c1cccc(C)c1F. The second-order valence-electron chi connectivity index (χ2n) is 3.70. The Morgan fingerprint density at radius 3 is 2.81 bits per heavy atom. The van der Waals surface area contributed by atoms with Crippen LogP contribution < -0.4 is 5.32 Å². The second-order valence-corrected chi connectivity index (χ2v) is 3.70. The maximum absolute atomic E-state index is 13.6. The van der Waals surface area contributed by atoms with Crippen molar-refractivity contribution in [3.05, 3.63) is 35.1 Å². The highest BCUT2D eigenvalue weighted by atomic mass is 19.1. The monoisotopic (exact) mass is 225 g/mol. The highest BCUT2D eigenvalue weighted by molar-refractivity contribution is 5.94. The number of aliphatic hydroxyl groups is 1. The molecule has 0 heterocycles. The molecule has 2 N–H and O–H groups in total. The molecule has 0 bridgehead atoms. The molecule has 0 aromatic heterocycles. The summed E-state index contributed by atoms with van der Waals surface area (Å²) in [5.41, 5.74) is 0.455. The summed E-state index contributed by atoms with van der Waals surface area (Å²) in [4.78, 5) is 11.7. The molecule has 1 amide bonds. The van der Waals surface area contributed by atoms with E-state index in [1.54, 1.807) is 19.1 Å². The van der Waals surface area contributed by atoms with E-state index in [0.29, 0.717) is 12.0 Å². The van der Waals surface area contributed by atoms with Crippen molar-refractivity contribution < 1.29 is 14.3 Å². The first kappa shape index (κ1) is 12.6. The molecule has 0 saturated carbocycles. The van der Waals surface area contributed by atoms with Gasteiger partial charge in [-0.1, -0.05) is 19.1 Å². The highest BCUT2D eigenvalue weighted by Gasteiger charge is 2.15. The Balaban J connectivity index is 2.84. The molecule has 1 aromatic carbocycles. The molecule has 1 aromatic rings. The van der Waals surface area contributed by atoms with Gasteiger partial charge in [0.25, 0.3) is 5.91 Å². The molecule has 0 spiro atoms. The molecule has 16 heavy (non-hydrogen) atoms. The first-order chi connectivity index (χ1) is 7.60. The van der Waals surface area contributed by atoms with Crippen LogP contribution in [-0.4, -0.2) is 23.7 Å². The van der Waals surface area contributed by atoms with Gasteiger partial charge in [0.1, 0.15) is 5.82 Å². The quantitative estimate of drug-likeness (QED) is 0.818. The van der Waals surface area contributed by atoms with Crippen molar-refractivity contribution in [1.82, 2.24) is 5.32 Å². The molecule has 1 atom stereocenters. The maximum Gasteiger partial charge on any atom is 0.254 e. The van der Waals surface area contributed by atoms with Crippen molar-refractivity contribution in [2.75, 3.05) is 6.61 Å². The molecule has 0 saturated heterocycles. The number of aryl methyl sites for hydroxylation is 1. The molecule has 0 aliphatic rings. The summed E-state index contributed by atoms with van der Waals surface area (Å²) >= 11 is 0. The summed E-state index contributed by atoms with van der Waals surface area (Å²) in [5.74, 6) is -0.991. The van der Waals surface area contributed by atoms with Crippen molar-refractivity contribution in [3.63, 3.8) is 0 Å². The smallest absolute Gasteiger partial charge is 0.254 e. The summed E-state index contributed by atoms with van der Waals surface area (Å²) in [5, 5.41) is 11.5. The normalized spacial score (nSPS) is 12.2. The van der Waals surface area contributed by atoms with Crippen LogP contribution >= 0.6 is 0 Å². The molecule has 3 nitrogen and oxygen atoms in total. The Hall–Kier alpha value is -1.42. The van der Waals surface area contributed by atoms with E-state index in [2.05, 4.69) is 5.32 Å². The second kappa shape index (κ2) is 5.61. The van der Waals surface area contributed by atoms with Gasteiger partial charge in [0.2, 0.25) is 0 Å². The highest BCUT2D eigenvalue weighted by Crippen LogP contribution is 2.11. The largest absolute Gasteiger partial charge is 0.394 e. The fourth-order valence-corrected chi connectivity index (χ4v) is 1.36. The number of hydrogen-bond acceptors (Lipinski definition) is 2. The fraction of sp³-hybridized carbons (Fsp3) is 0.417. The number of halogens is 1. The Kier molecular flexibility index (Phi) is 4.43. The number of carbonyl (C=O) groups excluding carboxylic acids is 1. The zero-order chi connectivity index (χ0) is 12.1. The number of carbonyl (C=O) groups is 1. The third-order valence-corrected chi connectivity index (χ3v) is 2.48. The lowest BCUT2D eigenvalue weighted by Crippen LogP contribution is -2.37. The molecular formula is C12H16FNO2. The van der Waals surface area contributed by atoms with E-state index in [1.807, 2.05) is 6.92 Å². The summed E-state index contributed by atoms with van der Waals surface area (Å²) in [7, 11) is 0. The number of nitrogens with one attached hydrogen (secondary N) is 1. The first-order valence-electron chi connectivity index (χ1n) is 5.27. The number of aliphatic hydroxyl groups excluding tert-OH is 1. The number of rotatable bonds is 4. The van der Waals surface area contributed by atoms with Crippen LogP contribution in [0.3, 0.4) is 0 Å². The lowest BCUT2D eigenvalue weighted by atomic mass is 10.1. The van der Waals surface area contributed by atoms with Crippen LogP contribution in [0.15, 0.2) is 18.2 Å². The lowest BCUT2D eigenvalue weighted by Gasteiger charge is -2.14. The van der Waals surface area contributed by atoms with Gasteiger partial charge in [0, 0.05) is 0 Å². The minimum absolute atomic E-state index is 0.0203. The van der Waals surface area contributed by atoms with Gasteiger partial charge in [-0.3, -0.25) is 4.79 Å². The molecule has 4 heteroatoms. The Bertz CT molecular complexity index is 375. The predicted molar refractivity (Wildman–Crippen MR) is 59.8 cm³/mol. The van der Waals surface area contributed by atoms with Gasteiger partial charge in [-0.05, 0) is 25.0 Å². The molecule has 0 fully saturated rings. The van der Waals surface area contributed by atoms with Crippen LogP contribution in [0, 0.1) is 12.7 Å². The fourth-order valence-electron chi connectivity index (χ4n) is 1.36. The topological polar surface area (TPSA) is 49.3 Å². The van der Waals surface area contributed by atoms with Crippen molar-refractivity contribution in [2.45, 2.75) is 26.3 Å². The zero-order valence-corrected chi connectivity index (χ0v) is 9.46. The van der Waals surface area contributed by atoms with Gasteiger partial charge in [0.15, 0.2) is 0 Å². The van der Waals surface area contributed by atoms with Crippen molar-refractivity contribution in [1.29, 1.82) is 0 Å². The van der Waals surface area contributed by atoms with Gasteiger partial charge < -0.3 is 10.4 Å². The van der Waals surface area contributed by atoms with Crippen LogP contribution in [0.5, 0.6) is 0 Å². The standard InChI is InChI=1S/C12H16FNO2/c1-3-9(7-15)14-12(16)10-6-4-5-8(2)11(10)13/h4-6,9,15H,3,7H2,1-2H3,(H,14,16)/t9-/m0/s1. The van der Waals surface area contributed by atoms with Crippen LogP contribution in [0.1, 0.15) is 29.3 Å². The molecule has 0 aliphatic carbocycles. The minimum atomic E-state index is -0.507. The van der Waals surface area contributed by atoms with Crippen LogP contribution in [0.2, 0.25) is 0 Å². The summed E-state index contributed by atoms with van der Waals surface area (Å²) in [6.45, 7) is 3.30. The van der Waals surface area contributed by atoms with Gasteiger partial charge in [-0.2, -0.15) is 0 Å². The van der Waals surface area contributed by atoms with Gasteiger partial charge in [0.05, 0.1) is 18.2 Å². The molecular weight excluding hydrogens is 209 g/mol. The van der Waals surface area contributed by atoms with E-state index >= 15 is 0 Å². The van der Waals surface area contributed by atoms with E-state index in [9.17, 15) is 9.18 Å². The van der Waals surface area contributed by atoms with Crippen molar-refractivity contribution in [2.24, 2.45) is 0 Å². The van der Waals surface area contributed by atoms with Crippen LogP contribution in [0.25, 0.3) is 0 Å². The summed E-state index contributed by atoms with van der Waals surface area (Å²) < 4.78 is 13.6. The summed E-state index contributed by atoms with van der Waals surface area (Å²) in [6.07, 6.45) is 0.607. The minimum Gasteiger partial charge on any atom is -0.394 e. The van der Waals surface area contributed by atoms with E-state index in [0.717, 1.165) is 0 Å². The molecule has 1 rings (SSSR count). The molecule has 88 valence electrons. The molecule has 0 radical (unpaired) electrons. The van der Waals surface area contributed by atoms with Crippen LogP contribution in [0.4, 0.5) is 4.39 Å². The predicted octanol–water partition coefficient (Wildman–Crippen LogP) is 1.63. The number of amides is 1. The Morgan fingerprint density at radius 2 is 2.25 bits per heavy atom. The summed E-state index contributed by atoms with van der Waals surface area (Å²) in [6, 6.07) is 4.34. The average Bonchev–Trinajstić information content (AvgIpc) is 2.29. The average molecular weight is 225 g/mol. The van der Waals surface area contributed by atoms with Crippen molar-refractivity contribution in [3.8, 4) is 0 Å². The number of hydrogen-bond donors (Lipinski definition) is 2. The van der Waals surface area contributed by atoms with E-state index in [4.69, 9.17) is 5.11 Å². The first-order valence-corrected chi connectivity index (χ1v) is 5.27. The van der Waals surface area contributed by atoms with Gasteiger partial charge in [-0.15, -0.1) is 0 Å². The Morgan fingerprint density at radius 1 is 1.56 bits per heavy atom. The van der Waals surface area contributed by atoms with Crippen molar-refractivity contribution >= 4 is 5.91 Å². The van der Waals surface area contributed by atoms with E-state index in [-0.39, 0.29) is 18.2 Å². The maximum atomic E-state index is 13.6. The van der Waals surface area contributed by atoms with E-state index in [1.165, 1.54) is 6.07 Å². The number of benzene rings is 1. The Labute approximate surface area is 94.3 Å². The molecule has 0 aliphatic heterocycles. The third kappa shape index (κ3) is 2.79. The van der Waals surface area contributed by atoms with Crippen LogP contribution in [-0.2, 0) is 0 Å². The van der Waals surface area contributed by atoms with Gasteiger partial charge >= 0.3 is 0 Å². The zero-order valence-electron chi connectivity index (χ0n) is 9.46. The molecule has 0 unspecified atom stereocenters.